The van der Waals surface area contributed by atoms with Gasteiger partial charge in [0.15, 0.2) is 0 Å². The Kier molecular flexibility index (Phi) is 4.84. The van der Waals surface area contributed by atoms with Crippen LogP contribution in [0.3, 0.4) is 0 Å². The van der Waals surface area contributed by atoms with E-state index in [2.05, 4.69) is 10.7 Å². The SMILES string of the molecule is C[C@]1(c2ccccc2)NC(=O)N(NC(=O)Cc2cccc(C(F)(F)F)c2)C1=O. The number of hydrazine groups is 1. The summed E-state index contributed by atoms with van der Waals surface area (Å²) in [5.74, 6) is -1.48. The molecule has 1 aliphatic heterocycles. The van der Waals surface area contributed by atoms with Gasteiger partial charge in [0, 0.05) is 0 Å². The Morgan fingerprint density at radius 1 is 1.11 bits per heavy atom. The fourth-order valence-electron chi connectivity index (χ4n) is 2.91. The third-order valence-corrected chi connectivity index (χ3v) is 4.40. The lowest BCUT2D eigenvalue weighted by molar-refractivity contribution is -0.138. The van der Waals surface area contributed by atoms with Crippen molar-refractivity contribution in [1.82, 2.24) is 15.8 Å². The van der Waals surface area contributed by atoms with E-state index in [1.165, 1.54) is 19.1 Å². The molecule has 2 aromatic carbocycles. The van der Waals surface area contributed by atoms with Crippen molar-refractivity contribution in [2.75, 3.05) is 0 Å². The first-order valence-electron chi connectivity index (χ1n) is 8.29. The van der Waals surface area contributed by atoms with Crippen molar-refractivity contribution >= 4 is 17.8 Å². The van der Waals surface area contributed by atoms with E-state index < -0.39 is 41.5 Å². The maximum Gasteiger partial charge on any atom is 0.416 e. The molecule has 3 rings (SSSR count). The number of hydrogen-bond acceptors (Lipinski definition) is 3. The molecular weight excluding hydrogens is 375 g/mol. The number of hydrogen-bond donors (Lipinski definition) is 2. The number of rotatable bonds is 4. The number of urea groups is 1. The van der Waals surface area contributed by atoms with E-state index in [1.54, 1.807) is 30.3 Å². The van der Waals surface area contributed by atoms with Crippen molar-refractivity contribution in [2.45, 2.75) is 25.1 Å². The number of amides is 4. The molecule has 0 unspecified atom stereocenters. The Morgan fingerprint density at radius 3 is 2.43 bits per heavy atom. The zero-order valence-electron chi connectivity index (χ0n) is 14.7. The molecule has 2 aromatic rings. The smallest absolute Gasteiger partial charge is 0.318 e. The molecule has 1 atom stereocenters. The second kappa shape index (κ2) is 6.99. The van der Waals surface area contributed by atoms with Gasteiger partial charge in [-0.2, -0.15) is 18.2 Å². The summed E-state index contributed by atoms with van der Waals surface area (Å²) >= 11 is 0. The van der Waals surface area contributed by atoms with E-state index in [-0.39, 0.29) is 5.56 Å². The molecule has 28 heavy (non-hydrogen) atoms. The van der Waals surface area contributed by atoms with Gasteiger partial charge in [-0.3, -0.25) is 15.0 Å². The Morgan fingerprint density at radius 2 is 1.79 bits per heavy atom. The van der Waals surface area contributed by atoms with Gasteiger partial charge in [0.25, 0.3) is 5.91 Å². The summed E-state index contributed by atoms with van der Waals surface area (Å²) in [4.78, 5) is 37.1. The second-order valence-corrected chi connectivity index (χ2v) is 6.47. The van der Waals surface area contributed by atoms with Crippen molar-refractivity contribution in [3.8, 4) is 0 Å². The molecule has 2 N–H and O–H groups in total. The van der Waals surface area contributed by atoms with E-state index in [0.29, 0.717) is 10.6 Å². The summed E-state index contributed by atoms with van der Waals surface area (Å²) in [5, 5.41) is 3.06. The number of benzene rings is 2. The van der Waals surface area contributed by atoms with Crippen LogP contribution in [0, 0.1) is 0 Å². The van der Waals surface area contributed by atoms with E-state index in [0.717, 1.165) is 12.1 Å². The summed E-state index contributed by atoms with van der Waals surface area (Å²) < 4.78 is 38.3. The molecule has 146 valence electrons. The Bertz CT molecular complexity index is 931. The van der Waals surface area contributed by atoms with Gasteiger partial charge in [-0.1, -0.05) is 48.5 Å². The van der Waals surface area contributed by atoms with Crippen molar-refractivity contribution in [3.63, 3.8) is 0 Å². The number of carbonyl (C=O) groups is 3. The molecule has 6 nitrogen and oxygen atoms in total. The number of halogens is 3. The standard InChI is InChI=1S/C19H16F3N3O3/c1-18(13-7-3-2-4-8-13)16(27)25(17(28)23-18)24-15(26)11-12-6-5-9-14(10-12)19(20,21)22/h2-10H,11H2,1H3,(H,23,28)(H,24,26)/t18-/m1/s1. The molecule has 1 fully saturated rings. The molecule has 9 heteroatoms. The summed E-state index contributed by atoms with van der Waals surface area (Å²) in [6, 6.07) is 11.9. The van der Waals surface area contributed by atoms with Crippen molar-refractivity contribution in [3.05, 3.63) is 71.3 Å². The third-order valence-electron chi connectivity index (χ3n) is 4.40. The number of nitrogens with zero attached hydrogens (tertiary/aromatic N) is 1. The summed E-state index contributed by atoms with van der Waals surface area (Å²) in [6.45, 7) is 1.50. The van der Waals surface area contributed by atoms with E-state index >= 15 is 0 Å². The lowest BCUT2D eigenvalue weighted by atomic mass is 9.92. The molecule has 1 heterocycles. The van der Waals surface area contributed by atoms with E-state index in [1.807, 2.05) is 0 Å². The van der Waals surface area contributed by atoms with Crippen LogP contribution in [0.15, 0.2) is 54.6 Å². The topological polar surface area (TPSA) is 78.5 Å². The number of alkyl halides is 3. The largest absolute Gasteiger partial charge is 0.416 e. The zero-order valence-corrected chi connectivity index (χ0v) is 14.7. The van der Waals surface area contributed by atoms with Crippen LogP contribution in [0.1, 0.15) is 23.6 Å². The molecule has 0 radical (unpaired) electrons. The van der Waals surface area contributed by atoms with Gasteiger partial charge >= 0.3 is 12.2 Å². The summed E-state index contributed by atoms with van der Waals surface area (Å²) in [7, 11) is 0. The Hall–Kier alpha value is -3.36. The highest BCUT2D eigenvalue weighted by molar-refractivity contribution is 6.08. The molecule has 0 bridgehead atoms. The lowest BCUT2D eigenvalue weighted by Gasteiger charge is -2.22. The average molecular weight is 391 g/mol. The van der Waals surface area contributed by atoms with Crippen molar-refractivity contribution in [2.24, 2.45) is 0 Å². The molecule has 0 spiro atoms. The van der Waals surface area contributed by atoms with Gasteiger partial charge in [0.2, 0.25) is 5.91 Å². The highest BCUT2D eigenvalue weighted by atomic mass is 19.4. The van der Waals surface area contributed by atoms with Gasteiger partial charge < -0.3 is 5.32 Å². The van der Waals surface area contributed by atoms with Crippen LogP contribution in [0.5, 0.6) is 0 Å². The minimum Gasteiger partial charge on any atom is -0.318 e. The number of carbonyl (C=O) groups excluding carboxylic acids is 3. The van der Waals surface area contributed by atoms with Gasteiger partial charge in [0.05, 0.1) is 12.0 Å². The molecule has 0 aliphatic carbocycles. The van der Waals surface area contributed by atoms with Crippen LogP contribution in [0.25, 0.3) is 0 Å². The van der Waals surface area contributed by atoms with Gasteiger partial charge in [-0.25, -0.2) is 4.79 Å². The van der Waals surface area contributed by atoms with Crippen LogP contribution in [0.4, 0.5) is 18.0 Å². The van der Waals surface area contributed by atoms with Crippen molar-refractivity contribution in [1.29, 1.82) is 0 Å². The van der Waals surface area contributed by atoms with Gasteiger partial charge in [-0.05, 0) is 24.1 Å². The maximum atomic E-state index is 12.8. The number of nitrogens with one attached hydrogen (secondary N) is 2. The minimum absolute atomic E-state index is 0.102. The maximum absolute atomic E-state index is 12.8. The first-order chi connectivity index (χ1) is 13.1. The quantitative estimate of drug-likeness (QED) is 0.787. The monoisotopic (exact) mass is 391 g/mol. The normalized spacial score (nSPS) is 19.5. The second-order valence-electron chi connectivity index (χ2n) is 6.47. The fraction of sp³-hybridized carbons (Fsp3) is 0.211. The molecule has 1 saturated heterocycles. The predicted molar refractivity (Wildman–Crippen MR) is 92.5 cm³/mol. The lowest BCUT2D eigenvalue weighted by Crippen LogP contribution is -2.48. The summed E-state index contributed by atoms with van der Waals surface area (Å²) in [6.07, 6.45) is -4.96. The molecular formula is C19H16F3N3O3. The van der Waals surface area contributed by atoms with Crippen LogP contribution >= 0.6 is 0 Å². The highest BCUT2D eigenvalue weighted by Crippen LogP contribution is 2.30. The summed E-state index contributed by atoms with van der Waals surface area (Å²) in [5.41, 5.74) is 0.550. The Labute approximate surface area is 158 Å². The van der Waals surface area contributed by atoms with Crippen LogP contribution < -0.4 is 10.7 Å². The first-order valence-corrected chi connectivity index (χ1v) is 8.29. The van der Waals surface area contributed by atoms with E-state index in [4.69, 9.17) is 0 Å². The van der Waals surface area contributed by atoms with E-state index in [9.17, 15) is 27.6 Å². The Balaban J connectivity index is 1.73. The highest BCUT2D eigenvalue weighted by Gasteiger charge is 2.49. The zero-order chi connectivity index (χ0) is 20.5. The average Bonchev–Trinajstić information content (AvgIpc) is 2.86. The van der Waals surface area contributed by atoms with Crippen LogP contribution in [0.2, 0.25) is 0 Å². The first kappa shape index (κ1) is 19.4. The van der Waals surface area contributed by atoms with Crippen LogP contribution in [-0.2, 0) is 27.7 Å². The van der Waals surface area contributed by atoms with Gasteiger partial charge in [0.1, 0.15) is 5.54 Å². The molecule has 4 amide bonds. The minimum atomic E-state index is -4.53. The van der Waals surface area contributed by atoms with Crippen molar-refractivity contribution < 1.29 is 27.6 Å². The fourth-order valence-corrected chi connectivity index (χ4v) is 2.91. The predicted octanol–water partition coefficient (Wildman–Crippen LogP) is 2.75. The van der Waals surface area contributed by atoms with Crippen LogP contribution in [-0.4, -0.2) is 22.9 Å². The molecule has 1 aliphatic rings. The third kappa shape index (κ3) is 3.68. The number of imide groups is 1. The molecule has 0 saturated carbocycles. The van der Waals surface area contributed by atoms with Gasteiger partial charge in [-0.15, -0.1) is 0 Å². The molecule has 0 aromatic heterocycles.